The van der Waals surface area contributed by atoms with Crippen molar-refractivity contribution in [1.29, 1.82) is 0 Å². The van der Waals surface area contributed by atoms with Crippen molar-refractivity contribution in [3.63, 3.8) is 0 Å². The predicted molar refractivity (Wildman–Crippen MR) is 63.2 cm³/mol. The average molecular weight is 253 g/mol. The number of hydrogen-bond donors (Lipinski definition) is 0. The molecule has 4 nitrogen and oxygen atoms in total. The summed E-state index contributed by atoms with van der Waals surface area (Å²) >= 11 is 6.27. The van der Waals surface area contributed by atoms with Gasteiger partial charge >= 0.3 is 5.63 Å². The van der Waals surface area contributed by atoms with Crippen molar-refractivity contribution in [1.82, 2.24) is 0 Å². The molecular weight excluding hydrogens is 244 g/mol. The van der Waals surface area contributed by atoms with Gasteiger partial charge in [-0.3, -0.25) is 0 Å². The second-order valence-corrected chi connectivity index (χ2v) is 4.13. The first-order chi connectivity index (χ1) is 8.22. The maximum Gasteiger partial charge on any atom is 0.336 e. The summed E-state index contributed by atoms with van der Waals surface area (Å²) in [5.74, 6) is 1.02. The lowest BCUT2D eigenvalue weighted by molar-refractivity contribution is 0.324. The molecule has 0 radical (unpaired) electrons. The molecule has 0 spiro atoms. The predicted octanol–water partition coefficient (Wildman–Crippen LogP) is 2.39. The molecule has 2 heterocycles. The van der Waals surface area contributed by atoms with Crippen LogP contribution in [-0.2, 0) is 6.42 Å². The Bertz CT molecular complexity index is 660. The fraction of sp³-hybridized carbons (Fsp3) is 0.250. The first-order valence-corrected chi connectivity index (χ1v) is 5.55. The van der Waals surface area contributed by atoms with Crippen LogP contribution in [0.5, 0.6) is 11.5 Å². The standard InChI is InChI=1S/C12H9ClO4/c1-15-12-10-7(4-5-16-10)9(13)6-2-3-8(14)17-11(6)12/h2-3H,4-5H2,1H3. The van der Waals surface area contributed by atoms with E-state index in [9.17, 15) is 4.79 Å². The van der Waals surface area contributed by atoms with E-state index >= 15 is 0 Å². The fourth-order valence-corrected chi connectivity index (χ4v) is 2.41. The van der Waals surface area contributed by atoms with Crippen molar-refractivity contribution in [3.8, 4) is 11.5 Å². The summed E-state index contributed by atoms with van der Waals surface area (Å²) in [5.41, 5.74) is 0.806. The van der Waals surface area contributed by atoms with Gasteiger partial charge in [0.15, 0.2) is 11.3 Å². The Morgan fingerprint density at radius 1 is 1.41 bits per heavy atom. The van der Waals surface area contributed by atoms with Crippen LogP contribution in [0, 0.1) is 0 Å². The molecule has 17 heavy (non-hydrogen) atoms. The van der Waals surface area contributed by atoms with Crippen LogP contribution in [0.25, 0.3) is 11.0 Å². The summed E-state index contributed by atoms with van der Waals surface area (Å²) in [6.45, 7) is 0.561. The average Bonchev–Trinajstić information content (AvgIpc) is 2.79. The van der Waals surface area contributed by atoms with E-state index in [2.05, 4.69) is 0 Å². The molecule has 0 saturated carbocycles. The van der Waals surface area contributed by atoms with E-state index in [-0.39, 0.29) is 0 Å². The number of hydrogen-bond acceptors (Lipinski definition) is 4. The van der Waals surface area contributed by atoms with Gasteiger partial charge in [0.2, 0.25) is 5.75 Å². The van der Waals surface area contributed by atoms with Crippen molar-refractivity contribution in [2.75, 3.05) is 13.7 Å². The van der Waals surface area contributed by atoms with Crippen LogP contribution < -0.4 is 15.1 Å². The molecule has 0 aliphatic carbocycles. The summed E-state index contributed by atoms with van der Waals surface area (Å²) < 4.78 is 15.9. The van der Waals surface area contributed by atoms with Gasteiger partial charge in [-0.1, -0.05) is 11.6 Å². The lowest BCUT2D eigenvalue weighted by Crippen LogP contribution is -1.98. The molecule has 88 valence electrons. The second kappa shape index (κ2) is 3.67. The number of halogens is 1. The van der Waals surface area contributed by atoms with Crippen LogP contribution >= 0.6 is 11.6 Å². The number of rotatable bonds is 1. The van der Waals surface area contributed by atoms with Crippen molar-refractivity contribution in [3.05, 3.63) is 33.1 Å². The van der Waals surface area contributed by atoms with E-state index in [1.807, 2.05) is 0 Å². The first-order valence-electron chi connectivity index (χ1n) is 5.17. The van der Waals surface area contributed by atoms with Crippen molar-refractivity contribution in [2.45, 2.75) is 6.42 Å². The van der Waals surface area contributed by atoms with E-state index in [1.165, 1.54) is 13.2 Å². The third kappa shape index (κ3) is 1.41. The summed E-state index contributed by atoms with van der Waals surface area (Å²) in [6.07, 6.45) is 0.736. The molecule has 0 amide bonds. The molecule has 2 aromatic rings. The Balaban J connectivity index is 2.51. The van der Waals surface area contributed by atoms with Gasteiger partial charge in [0.05, 0.1) is 18.7 Å². The zero-order valence-electron chi connectivity index (χ0n) is 9.08. The highest BCUT2D eigenvalue weighted by Gasteiger charge is 2.26. The quantitative estimate of drug-likeness (QED) is 0.731. The van der Waals surface area contributed by atoms with Crippen LogP contribution in [0.1, 0.15) is 5.56 Å². The van der Waals surface area contributed by atoms with E-state index in [1.54, 1.807) is 6.07 Å². The van der Waals surface area contributed by atoms with Crippen LogP contribution in [-0.4, -0.2) is 13.7 Å². The van der Waals surface area contributed by atoms with Crippen LogP contribution in [0.3, 0.4) is 0 Å². The maximum absolute atomic E-state index is 11.3. The number of methoxy groups -OCH3 is 1. The monoisotopic (exact) mass is 252 g/mol. The number of ether oxygens (including phenoxy) is 2. The Labute approximate surface area is 102 Å². The lowest BCUT2D eigenvalue weighted by atomic mass is 10.1. The van der Waals surface area contributed by atoms with Crippen LogP contribution in [0.4, 0.5) is 0 Å². The third-order valence-corrected chi connectivity index (χ3v) is 3.26. The minimum atomic E-state index is -0.440. The Kier molecular flexibility index (Phi) is 2.26. The van der Waals surface area contributed by atoms with E-state index < -0.39 is 5.63 Å². The lowest BCUT2D eigenvalue weighted by Gasteiger charge is -2.10. The molecule has 0 atom stereocenters. The van der Waals surface area contributed by atoms with Gasteiger partial charge in [-0.2, -0.15) is 0 Å². The molecule has 1 aromatic heterocycles. The zero-order chi connectivity index (χ0) is 12.0. The summed E-state index contributed by atoms with van der Waals surface area (Å²) in [5, 5.41) is 1.24. The number of benzene rings is 1. The molecule has 0 N–H and O–H groups in total. The van der Waals surface area contributed by atoms with Gasteiger partial charge in [0.1, 0.15) is 0 Å². The molecule has 1 aliphatic heterocycles. The van der Waals surface area contributed by atoms with Gasteiger partial charge in [0, 0.05) is 23.4 Å². The Morgan fingerprint density at radius 3 is 3.00 bits per heavy atom. The van der Waals surface area contributed by atoms with Crippen molar-refractivity contribution in [2.24, 2.45) is 0 Å². The highest BCUT2D eigenvalue weighted by Crippen LogP contribution is 2.46. The summed E-state index contributed by atoms with van der Waals surface area (Å²) in [4.78, 5) is 11.3. The van der Waals surface area contributed by atoms with E-state index in [0.717, 1.165) is 12.0 Å². The van der Waals surface area contributed by atoms with Gasteiger partial charge in [0.25, 0.3) is 0 Å². The molecule has 1 aliphatic rings. The normalized spacial score (nSPS) is 13.5. The van der Waals surface area contributed by atoms with Crippen molar-refractivity contribution < 1.29 is 13.9 Å². The van der Waals surface area contributed by atoms with Crippen LogP contribution in [0.2, 0.25) is 5.02 Å². The highest BCUT2D eigenvalue weighted by molar-refractivity contribution is 6.36. The van der Waals surface area contributed by atoms with Gasteiger partial charge in [-0.05, 0) is 6.07 Å². The highest BCUT2D eigenvalue weighted by atomic mass is 35.5. The van der Waals surface area contributed by atoms with Gasteiger partial charge < -0.3 is 13.9 Å². The smallest absolute Gasteiger partial charge is 0.336 e. The fourth-order valence-electron chi connectivity index (χ4n) is 2.08. The van der Waals surface area contributed by atoms with Crippen molar-refractivity contribution >= 4 is 22.6 Å². The summed E-state index contributed by atoms with van der Waals surface area (Å²) in [6, 6.07) is 2.99. The van der Waals surface area contributed by atoms with Gasteiger partial charge in [-0.15, -0.1) is 0 Å². The summed E-state index contributed by atoms with van der Waals surface area (Å²) in [7, 11) is 1.51. The maximum atomic E-state index is 11.3. The topological polar surface area (TPSA) is 48.7 Å². The largest absolute Gasteiger partial charge is 0.490 e. The van der Waals surface area contributed by atoms with Crippen LogP contribution in [0.15, 0.2) is 21.3 Å². The Hall–Kier alpha value is -1.68. The van der Waals surface area contributed by atoms with Gasteiger partial charge in [-0.25, -0.2) is 4.79 Å². The molecular formula is C12H9ClO4. The molecule has 5 heteroatoms. The minimum absolute atomic E-state index is 0.339. The number of fused-ring (bicyclic) bond motifs is 2. The molecule has 1 aromatic carbocycles. The van der Waals surface area contributed by atoms with E-state index in [0.29, 0.717) is 34.1 Å². The molecule has 0 saturated heterocycles. The van der Waals surface area contributed by atoms with E-state index in [4.69, 9.17) is 25.5 Å². The first kappa shape index (κ1) is 10.5. The second-order valence-electron chi connectivity index (χ2n) is 3.75. The zero-order valence-corrected chi connectivity index (χ0v) is 9.84. The molecule has 0 bridgehead atoms. The molecule has 3 rings (SSSR count). The minimum Gasteiger partial charge on any atom is -0.490 e. The Morgan fingerprint density at radius 2 is 2.24 bits per heavy atom. The SMILES string of the molecule is COc1c2c(c(Cl)c3ccc(=O)oc13)CCO2. The molecule has 0 unspecified atom stereocenters. The third-order valence-electron chi connectivity index (χ3n) is 2.82. The molecule has 0 fully saturated rings.